The second-order valence-electron chi connectivity index (χ2n) is 6.11. The van der Waals surface area contributed by atoms with Crippen molar-refractivity contribution in [1.82, 2.24) is 25.0 Å². The molecule has 1 atom stereocenters. The third kappa shape index (κ3) is 2.82. The Morgan fingerprint density at radius 2 is 2.05 bits per heavy atom. The number of piperidine rings is 1. The Bertz CT molecular complexity index is 419. The van der Waals surface area contributed by atoms with E-state index in [-0.39, 0.29) is 0 Å². The summed E-state index contributed by atoms with van der Waals surface area (Å²) in [6, 6.07) is 0.319. The SMILES string of the molecule is CC(NCC1CCN(C)CC1)c1nnc2n1CCC2. The number of nitrogens with one attached hydrogen (secondary N) is 1. The van der Waals surface area contributed by atoms with Crippen LogP contribution in [0.5, 0.6) is 0 Å². The molecule has 3 rings (SSSR count). The van der Waals surface area contributed by atoms with Gasteiger partial charge < -0.3 is 14.8 Å². The first-order chi connectivity index (χ1) is 9.24. The number of likely N-dealkylation sites (tertiary alicyclic amines) is 1. The van der Waals surface area contributed by atoms with E-state index in [9.17, 15) is 0 Å². The van der Waals surface area contributed by atoms with Crippen molar-refractivity contribution in [1.29, 1.82) is 0 Å². The van der Waals surface area contributed by atoms with Crippen LogP contribution in [0.4, 0.5) is 0 Å². The Morgan fingerprint density at radius 3 is 2.84 bits per heavy atom. The second kappa shape index (κ2) is 5.59. The summed E-state index contributed by atoms with van der Waals surface area (Å²) in [6.07, 6.45) is 4.94. The molecule has 0 amide bonds. The molecular weight excluding hydrogens is 238 g/mol. The van der Waals surface area contributed by atoms with Crippen LogP contribution >= 0.6 is 0 Å². The molecule has 1 aromatic heterocycles. The molecule has 1 aromatic rings. The van der Waals surface area contributed by atoms with Crippen LogP contribution in [0.1, 0.15) is 43.9 Å². The lowest BCUT2D eigenvalue weighted by atomic mass is 9.97. The van der Waals surface area contributed by atoms with Gasteiger partial charge in [-0.2, -0.15) is 0 Å². The van der Waals surface area contributed by atoms with Crippen molar-refractivity contribution in [3.05, 3.63) is 11.6 Å². The van der Waals surface area contributed by atoms with Crippen molar-refractivity contribution in [3.63, 3.8) is 0 Å². The first-order valence-electron chi connectivity index (χ1n) is 7.58. The second-order valence-corrected chi connectivity index (χ2v) is 6.11. The Labute approximate surface area is 115 Å². The van der Waals surface area contributed by atoms with Gasteiger partial charge in [-0.1, -0.05) is 0 Å². The van der Waals surface area contributed by atoms with Crippen LogP contribution < -0.4 is 5.32 Å². The molecule has 0 spiro atoms. The predicted octanol–water partition coefficient (Wildman–Crippen LogP) is 1.22. The molecule has 2 aliphatic rings. The number of aromatic nitrogens is 3. The maximum Gasteiger partial charge on any atom is 0.149 e. The molecule has 1 unspecified atom stereocenters. The van der Waals surface area contributed by atoms with Crippen LogP contribution in [0, 0.1) is 5.92 Å². The first kappa shape index (κ1) is 13.1. The highest BCUT2D eigenvalue weighted by Gasteiger charge is 2.22. The van der Waals surface area contributed by atoms with Crippen molar-refractivity contribution in [2.45, 2.75) is 45.2 Å². The average Bonchev–Trinajstić information content (AvgIpc) is 3.00. The normalized spacial score (nSPS) is 22.6. The fourth-order valence-corrected chi connectivity index (χ4v) is 3.19. The zero-order chi connectivity index (χ0) is 13.2. The van der Waals surface area contributed by atoms with Gasteiger partial charge in [0.2, 0.25) is 0 Å². The fourth-order valence-electron chi connectivity index (χ4n) is 3.19. The summed E-state index contributed by atoms with van der Waals surface area (Å²) in [5.74, 6) is 3.11. The van der Waals surface area contributed by atoms with E-state index in [0.29, 0.717) is 6.04 Å². The molecule has 106 valence electrons. The first-order valence-corrected chi connectivity index (χ1v) is 7.58. The number of hydrogen-bond acceptors (Lipinski definition) is 4. The number of hydrogen-bond donors (Lipinski definition) is 1. The summed E-state index contributed by atoms with van der Waals surface area (Å²) in [4.78, 5) is 2.42. The minimum Gasteiger partial charge on any atom is -0.314 e. The maximum atomic E-state index is 4.36. The van der Waals surface area contributed by atoms with Gasteiger partial charge in [0.15, 0.2) is 0 Å². The Hall–Kier alpha value is -0.940. The molecule has 19 heavy (non-hydrogen) atoms. The third-order valence-corrected chi connectivity index (χ3v) is 4.58. The fraction of sp³-hybridized carbons (Fsp3) is 0.857. The zero-order valence-corrected chi connectivity index (χ0v) is 12.1. The van der Waals surface area contributed by atoms with Crippen LogP contribution in [0.15, 0.2) is 0 Å². The molecule has 0 saturated carbocycles. The third-order valence-electron chi connectivity index (χ3n) is 4.58. The zero-order valence-electron chi connectivity index (χ0n) is 12.1. The van der Waals surface area contributed by atoms with Gasteiger partial charge in [-0.3, -0.25) is 0 Å². The summed E-state index contributed by atoms with van der Waals surface area (Å²) in [6.45, 7) is 6.89. The number of fused-ring (bicyclic) bond motifs is 1. The molecule has 3 heterocycles. The van der Waals surface area contributed by atoms with Crippen LogP contribution in [0.25, 0.3) is 0 Å². The molecular formula is C14H25N5. The van der Waals surface area contributed by atoms with Gasteiger partial charge >= 0.3 is 0 Å². The maximum absolute atomic E-state index is 4.36. The standard InChI is InChI=1S/C14H25N5/c1-11(14-17-16-13-4-3-7-19(13)14)15-10-12-5-8-18(2)9-6-12/h11-12,15H,3-10H2,1-2H3. The molecule has 0 bridgehead atoms. The molecule has 0 radical (unpaired) electrons. The number of aryl methyl sites for hydroxylation is 1. The van der Waals surface area contributed by atoms with Crippen molar-refractivity contribution in [3.8, 4) is 0 Å². The van der Waals surface area contributed by atoms with Gasteiger partial charge in [0.05, 0.1) is 6.04 Å². The van der Waals surface area contributed by atoms with Crippen molar-refractivity contribution >= 4 is 0 Å². The molecule has 1 saturated heterocycles. The van der Waals surface area contributed by atoms with E-state index in [1.807, 2.05) is 0 Å². The summed E-state index contributed by atoms with van der Waals surface area (Å²) in [7, 11) is 2.21. The molecule has 5 nitrogen and oxygen atoms in total. The highest BCUT2D eigenvalue weighted by molar-refractivity contribution is 5.04. The van der Waals surface area contributed by atoms with Gasteiger partial charge in [-0.15, -0.1) is 10.2 Å². The lowest BCUT2D eigenvalue weighted by molar-refractivity contribution is 0.212. The molecule has 2 aliphatic heterocycles. The van der Waals surface area contributed by atoms with Gasteiger partial charge in [0.1, 0.15) is 11.6 Å². The molecule has 1 fully saturated rings. The topological polar surface area (TPSA) is 46.0 Å². The van der Waals surface area contributed by atoms with Crippen molar-refractivity contribution < 1.29 is 0 Å². The molecule has 1 N–H and O–H groups in total. The summed E-state index contributed by atoms with van der Waals surface area (Å²) < 4.78 is 2.30. The smallest absolute Gasteiger partial charge is 0.149 e. The summed E-state index contributed by atoms with van der Waals surface area (Å²) in [5, 5.41) is 12.3. The van der Waals surface area contributed by atoms with Gasteiger partial charge in [0, 0.05) is 13.0 Å². The summed E-state index contributed by atoms with van der Waals surface area (Å²) >= 11 is 0. The van der Waals surface area contributed by atoms with E-state index >= 15 is 0 Å². The lowest BCUT2D eigenvalue weighted by Gasteiger charge is -2.29. The predicted molar refractivity (Wildman–Crippen MR) is 75.0 cm³/mol. The Balaban J connectivity index is 1.52. The lowest BCUT2D eigenvalue weighted by Crippen LogP contribution is -2.36. The van der Waals surface area contributed by atoms with Crippen LogP contribution in [-0.2, 0) is 13.0 Å². The van der Waals surface area contributed by atoms with E-state index in [4.69, 9.17) is 0 Å². The number of rotatable bonds is 4. The largest absolute Gasteiger partial charge is 0.314 e. The van der Waals surface area contributed by atoms with Crippen LogP contribution in [0.3, 0.4) is 0 Å². The van der Waals surface area contributed by atoms with E-state index < -0.39 is 0 Å². The van der Waals surface area contributed by atoms with Crippen molar-refractivity contribution in [2.75, 3.05) is 26.7 Å². The van der Waals surface area contributed by atoms with Crippen LogP contribution in [0.2, 0.25) is 0 Å². The monoisotopic (exact) mass is 263 g/mol. The molecule has 0 aromatic carbocycles. The highest BCUT2D eigenvalue weighted by Crippen LogP contribution is 2.20. The minimum atomic E-state index is 0.319. The van der Waals surface area contributed by atoms with E-state index in [1.165, 1.54) is 38.2 Å². The van der Waals surface area contributed by atoms with Crippen molar-refractivity contribution in [2.24, 2.45) is 5.92 Å². The molecule has 5 heteroatoms. The van der Waals surface area contributed by atoms with Crippen LogP contribution in [-0.4, -0.2) is 46.3 Å². The Morgan fingerprint density at radius 1 is 1.26 bits per heavy atom. The average molecular weight is 263 g/mol. The molecule has 0 aliphatic carbocycles. The highest BCUT2D eigenvalue weighted by atomic mass is 15.3. The van der Waals surface area contributed by atoms with Gasteiger partial charge in [-0.05, 0) is 58.8 Å². The van der Waals surface area contributed by atoms with E-state index in [1.54, 1.807) is 0 Å². The summed E-state index contributed by atoms with van der Waals surface area (Å²) in [5.41, 5.74) is 0. The van der Waals surface area contributed by atoms with Gasteiger partial charge in [-0.25, -0.2) is 0 Å². The van der Waals surface area contributed by atoms with Gasteiger partial charge in [0.25, 0.3) is 0 Å². The van der Waals surface area contributed by atoms with E-state index in [2.05, 4.69) is 39.0 Å². The van der Waals surface area contributed by atoms with E-state index in [0.717, 1.165) is 31.3 Å². The minimum absolute atomic E-state index is 0.319. The number of nitrogens with zero attached hydrogens (tertiary/aromatic N) is 4. The Kier molecular flexibility index (Phi) is 3.84. The quantitative estimate of drug-likeness (QED) is 0.887.